The Morgan fingerprint density at radius 3 is 1.31 bits per heavy atom. The summed E-state index contributed by atoms with van der Waals surface area (Å²) < 4.78 is 13.5. The Balaban J connectivity index is 1.08. The maximum Gasteiger partial charge on any atom is 0.407 e. The minimum absolute atomic E-state index is 0.185. The number of carbonyl (C=O) groups excluding carboxylic acids is 6. The van der Waals surface area contributed by atoms with Gasteiger partial charge in [0.25, 0.3) is 0 Å². The van der Waals surface area contributed by atoms with Gasteiger partial charge in [0.05, 0.1) is 24.2 Å². The van der Waals surface area contributed by atoms with Crippen LogP contribution in [-0.2, 0) is 28.7 Å². The number of rotatable bonds is 11. The lowest BCUT2D eigenvalue weighted by molar-refractivity contribution is -0.139. The molecule has 0 bridgehead atoms. The van der Waals surface area contributed by atoms with Gasteiger partial charge in [0.15, 0.2) is 0 Å². The van der Waals surface area contributed by atoms with Crippen LogP contribution in [0.3, 0.4) is 0 Å². The Morgan fingerprint density at radius 1 is 0.611 bits per heavy atom. The minimum atomic E-state index is -0.795. The van der Waals surface area contributed by atoms with E-state index in [-0.39, 0.29) is 35.5 Å². The fourth-order valence-electron chi connectivity index (χ4n) is 6.81. The summed E-state index contributed by atoms with van der Waals surface area (Å²) in [6.07, 6.45) is 1.09. The quantitative estimate of drug-likeness (QED) is 0.132. The molecule has 0 spiro atoms. The van der Waals surface area contributed by atoms with Crippen LogP contribution in [0.5, 0.6) is 0 Å². The van der Waals surface area contributed by atoms with Gasteiger partial charge in [-0.3, -0.25) is 19.2 Å². The third-order valence-electron chi connectivity index (χ3n) is 9.61. The Kier molecular flexibility index (Phi) is 12.1. The highest BCUT2D eigenvalue weighted by atomic mass is 32.1. The van der Waals surface area contributed by atoms with Crippen LogP contribution in [0, 0.1) is 11.8 Å². The summed E-state index contributed by atoms with van der Waals surface area (Å²) in [5.41, 5.74) is 0. The first-order chi connectivity index (χ1) is 25.8. The fraction of sp³-hybridized carbons (Fsp3) is 0.500. The van der Waals surface area contributed by atoms with Gasteiger partial charge in [-0.2, -0.15) is 0 Å². The van der Waals surface area contributed by atoms with Gasteiger partial charge in [0, 0.05) is 41.6 Å². The smallest absolute Gasteiger partial charge is 0.407 e. The topological polar surface area (TPSA) is 175 Å². The van der Waals surface area contributed by atoms with Crippen molar-refractivity contribution in [3.63, 3.8) is 0 Å². The number of nitrogens with one attached hydrogen (secondary N) is 4. The van der Waals surface area contributed by atoms with Crippen molar-refractivity contribution >= 4 is 110 Å². The molecule has 6 heterocycles. The third kappa shape index (κ3) is 8.35. The van der Waals surface area contributed by atoms with E-state index in [0.717, 1.165) is 28.6 Å². The molecule has 2 fully saturated rings. The number of carbonyl (C=O) groups is 6. The van der Waals surface area contributed by atoms with E-state index in [2.05, 4.69) is 33.4 Å². The van der Waals surface area contributed by atoms with E-state index in [4.69, 9.17) is 9.47 Å². The monoisotopic (exact) mass is 816 g/mol. The van der Waals surface area contributed by atoms with Crippen molar-refractivity contribution in [1.82, 2.24) is 20.4 Å². The molecule has 2 saturated heterocycles. The standard InChI is InChI=1S/C36H44N6O8S4/c1-17(2)29(39-35(47)49-5)33(45)41-11-7-9-19(41)31(43)37-27-15-25-23(53-27)13-21(51-25)22-14-24-26(52-22)16-28(54-24)38-32(44)20-10-8-12-42(20)34(46)30(18(3)4)40-36(48)50-6/h13-20,29-30H,7-12H2,1-6H3,(H,37,43)(H,38,44)(H,39,47)(H,40,48)/t19-,20-,29-,30-/m0/s1. The lowest BCUT2D eigenvalue weighted by atomic mass is 10.0. The average molecular weight is 817 g/mol. The molecule has 0 aromatic carbocycles. The Bertz CT molecular complexity index is 1860. The van der Waals surface area contributed by atoms with Crippen molar-refractivity contribution in [3.05, 3.63) is 24.3 Å². The molecule has 54 heavy (non-hydrogen) atoms. The summed E-state index contributed by atoms with van der Waals surface area (Å²) in [6, 6.07) is 5.29. The second kappa shape index (κ2) is 16.6. The Morgan fingerprint density at radius 2 is 0.981 bits per heavy atom. The summed E-state index contributed by atoms with van der Waals surface area (Å²) in [5.74, 6) is -1.46. The summed E-state index contributed by atoms with van der Waals surface area (Å²) in [7, 11) is 2.49. The Hall–Kier alpha value is -4.26. The molecular formula is C36H44N6O8S4. The van der Waals surface area contributed by atoms with Crippen LogP contribution in [0.15, 0.2) is 24.3 Å². The van der Waals surface area contributed by atoms with Gasteiger partial charge in [0.1, 0.15) is 24.2 Å². The van der Waals surface area contributed by atoms with Gasteiger partial charge in [0.2, 0.25) is 23.6 Å². The predicted molar refractivity (Wildman–Crippen MR) is 213 cm³/mol. The Labute approximate surface area is 328 Å². The molecule has 0 saturated carbocycles. The number of methoxy groups -OCH3 is 2. The van der Waals surface area contributed by atoms with Crippen molar-refractivity contribution in [2.24, 2.45) is 11.8 Å². The molecule has 4 N–H and O–H groups in total. The average Bonchev–Trinajstić information content (AvgIpc) is 3.97. The molecule has 4 aromatic rings. The molecule has 18 heteroatoms. The van der Waals surface area contributed by atoms with Crippen molar-refractivity contribution < 1.29 is 38.2 Å². The molecule has 6 amide bonds. The number of hydrogen-bond acceptors (Lipinski definition) is 12. The summed E-state index contributed by atoms with van der Waals surface area (Å²) in [5, 5.41) is 12.7. The largest absolute Gasteiger partial charge is 0.453 e. The van der Waals surface area contributed by atoms with Gasteiger partial charge in [-0.25, -0.2) is 9.59 Å². The van der Waals surface area contributed by atoms with Crippen molar-refractivity contribution in [3.8, 4) is 9.75 Å². The highest BCUT2D eigenvalue weighted by Gasteiger charge is 2.40. The molecule has 14 nitrogen and oxygen atoms in total. The number of hydrogen-bond donors (Lipinski definition) is 4. The highest BCUT2D eigenvalue weighted by molar-refractivity contribution is 7.35. The zero-order valence-corrected chi connectivity index (χ0v) is 34.1. The van der Waals surface area contributed by atoms with Gasteiger partial charge in [-0.15, -0.1) is 45.3 Å². The molecule has 290 valence electrons. The molecule has 0 radical (unpaired) electrons. The van der Waals surface area contributed by atoms with Crippen molar-refractivity contribution in [2.45, 2.75) is 77.5 Å². The normalized spacial score (nSPS) is 18.3. The lowest BCUT2D eigenvalue weighted by Crippen LogP contribution is -2.54. The van der Waals surface area contributed by atoms with E-state index < -0.39 is 36.4 Å². The van der Waals surface area contributed by atoms with E-state index in [1.807, 2.05) is 39.8 Å². The number of nitrogens with zero attached hydrogens (tertiary/aromatic N) is 2. The second-order valence-electron chi connectivity index (χ2n) is 14.0. The number of thiophene rings is 4. The number of fused-ring (bicyclic) bond motifs is 2. The maximum absolute atomic E-state index is 13.4. The van der Waals surface area contributed by atoms with Gasteiger partial charge in [-0.05, 0) is 61.8 Å². The van der Waals surface area contributed by atoms with Crippen LogP contribution in [0.25, 0.3) is 28.6 Å². The minimum Gasteiger partial charge on any atom is -0.453 e. The number of anilines is 2. The van der Waals surface area contributed by atoms with Gasteiger partial charge < -0.3 is 40.5 Å². The fourth-order valence-corrected chi connectivity index (χ4v) is 11.5. The molecule has 2 aliphatic heterocycles. The SMILES string of the molecule is COC(=O)N[C@H](C(=O)N1CCC[C@H]1C(=O)Nc1cc2sc(-c3cc4sc(NC(=O)[C@@H]5CCCN5C(=O)[C@@H](NC(=O)OC)C(C)C)cc4s3)cc2s1)C(C)C. The number of likely N-dealkylation sites (tertiary alicyclic amines) is 2. The first-order valence-corrected chi connectivity index (χ1v) is 21.0. The summed E-state index contributed by atoms with van der Waals surface area (Å²) >= 11 is 6.21. The number of amides is 6. The summed E-state index contributed by atoms with van der Waals surface area (Å²) in [6.45, 7) is 8.22. The van der Waals surface area contributed by atoms with Crippen LogP contribution in [0.2, 0.25) is 0 Å². The number of ether oxygens (including phenoxy) is 2. The first kappa shape index (κ1) is 39.4. The molecule has 6 rings (SSSR count). The van der Waals surface area contributed by atoms with Gasteiger partial charge >= 0.3 is 12.2 Å². The zero-order chi connectivity index (χ0) is 38.8. The van der Waals surface area contributed by atoms with E-state index >= 15 is 0 Å². The van der Waals surface area contributed by atoms with Crippen molar-refractivity contribution in [2.75, 3.05) is 37.9 Å². The maximum atomic E-state index is 13.4. The first-order valence-electron chi connectivity index (χ1n) is 17.8. The molecule has 0 unspecified atom stereocenters. The van der Waals surface area contributed by atoms with Crippen LogP contribution in [0.4, 0.5) is 19.6 Å². The van der Waals surface area contributed by atoms with E-state index in [1.54, 1.807) is 32.5 Å². The lowest BCUT2D eigenvalue weighted by Gasteiger charge is -2.30. The number of alkyl carbamates (subject to hydrolysis) is 2. The van der Waals surface area contributed by atoms with E-state index in [1.165, 1.54) is 36.9 Å². The molecule has 0 aliphatic carbocycles. The van der Waals surface area contributed by atoms with Crippen LogP contribution in [-0.4, -0.2) is 97.1 Å². The van der Waals surface area contributed by atoms with Crippen LogP contribution < -0.4 is 21.3 Å². The third-order valence-corrected chi connectivity index (χ3v) is 14.2. The van der Waals surface area contributed by atoms with E-state index in [0.29, 0.717) is 48.8 Å². The zero-order valence-electron chi connectivity index (χ0n) is 30.8. The second-order valence-corrected chi connectivity index (χ2v) is 18.3. The predicted octanol–water partition coefficient (Wildman–Crippen LogP) is 6.53. The van der Waals surface area contributed by atoms with Crippen LogP contribution >= 0.6 is 45.3 Å². The van der Waals surface area contributed by atoms with E-state index in [9.17, 15) is 28.8 Å². The molecule has 4 aromatic heterocycles. The summed E-state index contributed by atoms with van der Waals surface area (Å²) in [4.78, 5) is 82.6. The highest BCUT2D eigenvalue weighted by Crippen LogP contribution is 2.46. The van der Waals surface area contributed by atoms with Gasteiger partial charge in [-0.1, -0.05) is 27.7 Å². The molecule has 4 atom stereocenters. The molecular weight excluding hydrogens is 773 g/mol. The molecule has 2 aliphatic rings. The van der Waals surface area contributed by atoms with Crippen LogP contribution in [0.1, 0.15) is 53.4 Å². The van der Waals surface area contributed by atoms with Crippen molar-refractivity contribution in [1.29, 1.82) is 0 Å².